The summed E-state index contributed by atoms with van der Waals surface area (Å²) in [7, 11) is 1.41. The van der Waals surface area contributed by atoms with E-state index in [1.165, 1.54) is 13.2 Å². The molecule has 0 spiro atoms. The second-order valence-electron chi connectivity index (χ2n) is 3.49. The molecule has 0 aliphatic rings. The van der Waals surface area contributed by atoms with E-state index in [1.54, 1.807) is 12.1 Å². The van der Waals surface area contributed by atoms with Gasteiger partial charge in [0, 0.05) is 6.92 Å². The molecule has 0 aliphatic carbocycles. The highest BCUT2D eigenvalue weighted by Crippen LogP contribution is 2.37. The fourth-order valence-corrected chi connectivity index (χ4v) is 1.59. The minimum atomic E-state index is -0.980. The molecule has 1 aromatic carbocycles. The standard InChI is InChI=1S/C12H10O6/c1-6(13)17-11-9-7(16-2)4-3-5-8(9)18-12(15)10(11)14/h3-5,14H,1-2H3. The highest BCUT2D eigenvalue weighted by Gasteiger charge is 2.20. The van der Waals surface area contributed by atoms with Crippen molar-refractivity contribution in [3.05, 3.63) is 28.6 Å². The minimum absolute atomic E-state index is 0.161. The van der Waals surface area contributed by atoms with Gasteiger partial charge in [0.1, 0.15) is 16.7 Å². The van der Waals surface area contributed by atoms with Gasteiger partial charge in [-0.15, -0.1) is 0 Å². The molecule has 0 atom stereocenters. The van der Waals surface area contributed by atoms with Crippen LogP contribution >= 0.6 is 0 Å². The smallest absolute Gasteiger partial charge is 0.382 e. The van der Waals surface area contributed by atoms with Crippen molar-refractivity contribution in [1.82, 2.24) is 0 Å². The summed E-state index contributed by atoms with van der Waals surface area (Å²) in [5.74, 6) is -1.36. The van der Waals surface area contributed by atoms with E-state index in [4.69, 9.17) is 13.9 Å². The van der Waals surface area contributed by atoms with E-state index in [9.17, 15) is 14.7 Å². The first-order valence-electron chi connectivity index (χ1n) is 5.05. The molecule has 2 rings (SSSR count). The SMILES string of the molecule is COc1cccc2oc(=O)c(O)c(OC(C)=O)c12. The molecular formula is C12H10O6. The number of hydrogen-bond acceptors (Lipinski definition) is 6. The summed E-state index contributed by atoms with van der Waals surface area (Å²) in [6.07, 6.45) is 0. The molecule has 18 heavy (non-hydrogen) atoms. The summed E-state index contributed by atoms with van der Waals surface area (Å²) in [6, 6.07) is 4.71. The van der Waals surface area contributed by atoms with Gasteiger partial charge in [0.15, 0.2) is 5.75 Å². The number of methoxy groups -OCH3 is 1. The Morgan fingerprint density at radius 2 is 2.11 bits per heavy atom. The van der Waals surface area contributed by atoms with Crippen molar-refractivity contribution in [3.8, 4) is 17.2 Å². The van der Waals surface area contributed by atoms with Crippen molar-refractivity contribution in [2.24, 2.45) is 0 Å². The zero-order valence-corrected chi connectivity index (χ0v) is 9.72. The predicted octanol–water partition coefficient (Wildman–Crippen LogP) is 1.43. The molecule has 0 radical (unpaired) electrons. The van der Waals surface area contributed by atoms with Crippen LogP contribution in [0.15, 0.2) is 27.4 Å². The first-order valence-corrected chi connectivity index (χ1v) is 5.05. The molecular weight excluding hydrogens is 240 g/mol. The summed E-state index contributed by atoms with van der Waals surface area (Å²) >= 11 is 0. The van der Waals surface area contributed by atoms with E-state index in [2.05, 4.69) is 0 Å². The third-order valence-corrected chi connectivity index (χ3v) is 2.29. The number of carbonyl (C=O) groups excluding carboxylic acids is 1. The van der Waals surface area contributed by atoms with Crippen molar-refractivity contribution in [2.45, 2.75) is 6.92 Å². The van der Waals surface area contributed by atoms with Crippen LogP contribution in [-0.2, 0) is 4.79 Å². The van der Waals surface area contributed by atoms with Crippen LogP contribution in [0.25, 0.3) is 11.0 Å². The van der Waals surface area contributed by atoms with Gasteiger partial charge in [-0.2, -0.15) is 0 Å². The van der Waals surface area contributed by atoms with Crippen LogP contribution < -0.4 is 15.1 Å². The Balaban J connectivity index is 2.89. The lowest BCUT2D eigenvalue weighted by molar-refractivity contribution is -0.131. The van der Waals surface area contributed by atoms with Gasteiger partial charge in [-0.3, -0.25) is 4.79 Å². The highest BCUT2D eigenvalue weighted by molar-refractivity contribution is 5.93. The largest absolute Gasteiger partial charge is 0.499 e. The maximum atomic E-state index is 11.4. The number of esters is 1. The lowest BCUT2D eigenvalue weighted by Crippen LogP contribution is -2.07. The molecule has 2 aromatic rings. The second kappa shape index (κ2) is 4.40. The van der Waals surface area contributed by atoms with Gasteiger partial charge in [-0.25, -0.2) is 4.79 Å². The fraction of sp³-hybridized carbons (Fsp3) is 0.167. The zero-order chi connectivity index (χ0) is 13.3. The molecule has 6 heteroatoms. The Labute approximate surface area is 101 Å². The van der Waals surface area contributed by atoms with Gasteiger partial charge in [0.25, 0.3) is 0 Å². The second-order valence-corrected chi connectivity index (χ2v) is 3.49. The molecule has 0 fully saturated rings. The van der Waals surface area contributed by atoms with Crippen molar-refractivity contribution in [3.63, 3.8) is 0 Å². The summed E-state index contributed by atoms with van der Waals surface area (Å²) in [5, 5.41) is 9.85. The first kappa shape index (κ1) is 12.0. The Morgan fingerprint density at radius 3 is 2.72 bits per heavy atom. The minimum Gasteiger partial charge on any atom is -0.499 e. The monoisotopic (exact) mass is 250 g/mol. The molecule has 6 nitrogen and oxygen atoms in total. The molecule has 0 aliphatic heterocycles. The highest BCUT2D eigenvalue weighted by atomic mass is 16.5. The molecule has 0 bridgehead atoms. The first-order chi connectivity index (χ1) is 8.54. The summed E-state index contributed by atoms with van der Waals surface area (Å²) in [5.41, 5.74) is -0.819. The number of rotatable bonds is 2. The molecule has 0 unspecified atom stereocenters. The number of fused-ring (bicyclic) bond motifs is 1. The van der Waals surface area contributed by atoms with Crippen LogP contribution in [0.4, 0.5) is 0 Å². The van der Waals surface area contributed by atoms with E-state index >= 15 is 0 Å². The molecule has 1 aromatic heterocycles. The number of hydrogen-bond donors (Lipinski definition) is 1. The Kier molecular flexibility index (Phi) is 2.93. The maximum Gasteiger partial charge on any atom is 0.382 e. The van der Waals surface area contributed by atoms with Gasteiger partial charge < -0.3 is 19.0 Å². The lowest BCUT2D eigenvalue weighted by Gasteiger charge is -2.09. The number of ether oxygens (including phenoxy) is 2. The fourth-order valence-electron chi connectivity index (χ4n) is 1.59. The van der Waals surface area contributed by atoms with Crippen LogP contribution in [0.5, 0.6) is 17.2 Å². The van der Waals surface area contributed by atoms with Gasteiger partial charge in [0.2, 0.25) is 5.75 Å². The molecule has 0 amide bonds. The van der Waals surface area contributed by atoms with Gasteiger partial charge in [-0.1, -0.05) is 6.07 Å². The number of aromatic hydroxyl groups is 1. The van der Waals surface area contributed by atoms with E-state index < -0.39 is 17.3 Å². The lowest BCUT2D eigenvalue weighted by atomic mass is 10.2. The van der Waals surface area contributed by atoms with Crippen LogP contribution in [0, 0.1) is 0 Å². The van der Waals surface area contributed by atoms with Crippen molar-refractivity contribution in [2.75, 3.05) is 7.11 Å². The summed E-state index contributed by atoms with van der Waals surface area (Å²) in [4.78, 5) is 22.4. The van der Waals surface area contributed by atoms with Crippen molar-refractivity contribution >= 4 is 16.9 Å². The van der Waals surface area contributed by atoms with E-state index in [1.807, 2.05) is 0 Å². The molecule has 0 saturated heterocycles. The Morgan fingerprint density at radius 1 is 1.39 bits per heavy atom. The topological polar surface area (TPSA) is 86.0 Å². The normalized spacial score (nSPS) is 10.3. The average Bonchev–Trinajstić information content (AvgIpc) is 2.33. The third-order valence-electron chi connectivity index (χ3n) is 2.29. The van der Waals surface area contributed by atoms with Crippen molar-refractivity contribution < 1.29 is 23.8 Å². The van der Waals surface area contributed by atoms with Crippen LogP contribution in [0.1, 0.15) is 6.92 Å². The van der Waals surface area contributed by atoms with E-state index in [0.29, 0.717) is 5.75 Å². The molecule has 1 N–H and O–H groups in total. The number of carbonyl (C=O) groups is 1. The molecule has 0 saturated carbocycles. The quantitative estimate of drug-likeness (QED) is 0.641. The predicted molar refractivity (Wildman–Crippen MR) is 62.0 cm³/mol. The molecule has 94 valence electrons. The zero-order valence-electron chi connectivity index (χ0n) is 9.72. The summed E-state index contributed by atoms with van der Waals surface area (Å²) in [6.45, 7) is 1.16. The molecule has 1 heterocycles. The van der Waals surface area contributed by atoms with E-state index in [-0.39, 0.29) is 16.7 Å². The Hall–Kier alpha value is -2.50. The number of benzene rings is 1. The van der Waals surface area contributed by atoms with Gasteiger partial charge in [-0.05, 0) is 12.1 Å². The third kappa shape index (κ3) is 1.88. The van der Waals surface area contributed by atoms with Crippen LogP contribution in [-0.4, -0.2) is 18.2 Å². The van der Waals surface area contributed by atoms with Gasteiger partial charge >= 0.3 is 11.6 Å². The van der Waals surface area contributed by atoms with Crippen LogP contribution in [0.3, 0.4) is 0 Å². The maximum absolute atomic E-state index is 11.4. The summed E-state index contributed by atoms with van der Waals surface area (Å²) < 4.78 is 14.8. The Bertz CT molecular complexity index is 670. The van der Waals surface area contributed by atoms with E-state index in [0.717, 1.165) is 6.92 Å². The van der Waals surface area contributed by atoms with Crippen LogP contribution in [0.2, 0.25) is 0 Å². The van der Waals surface area contributed by atoms with Gasteiger partial charge in [0.05, 0.1) is 7.11 Å². The average molecular weight is 250 g/mol. The van der Waals surface area contributed by atoms with Crippen molar-refractivity contribution in [1.29, 1.82) is 0 Å².